The van der Waals surface area contributed by atoms with E-state index in [4.69, 9.17) is 0 Å². The first-order valence-corrected chi connectivity index (χ1v) is 5.67. The molecule has 0 fully saturated rings. The molecule has 0 bridgehead atoms. The van der Waals surface area contributed by atoms with Gasteiger partial charge in [-0.15, -0.1) is 0 Å². The molecule has 0 aliphatic rings. The average Bonchev–Trinajstić information content (AvgIpc) is 2.30. The predicted octanol–water partition coefficient (Wildman–Crippen LogP) is 2.23. The second-order valence-electron chi connectivity index (χ2n) is 3.89. The molecule has 0 unspecified atom stereocenters. The third kappa shape index (κ3) is 2.54. The number of anilines is 1. The summed E-state index contributed by atoms with van der Waals surface area (Å²) in [7, 11) is 3.91. The van der Waals surface area contributed by atoms with Crippen LogP contribution in [-0.4, -0.2) is 38.0 Å². The fourth-order valence-corrected chi connectivity index (χ4v) is 1.73. The van der Waals surface area contributed by atoms with E-state index in [9.17, 15) is 4.79 Å². The molecule has 0 N–H and O–H groups in total. The van der Waals surface area contributed by atoms with Crippen molar-refractivity contribution in [1.82, 2.24) is 4.90 Å². The molecule has 16 heavy (non-hydrogen) atoms. The van der Waals surface area contributed by atoms with Gasteiger partial charge in [0.1, 0.15) is 0 Å². The van der Waals surface area contributed by atoms with E-state index in [1.165, 1.54) is 0 Å². The number of nitrogens with zero attached hydrogens (tertiary/aromatic N) is 2. The number of carbonyl (C=O) groups excluding carboxylic acids is 1. The number of carbonyl (C=O) groups is 1. The highest BCUT2D eigenvalue weighted by Gasteiger charge is 2.16. The minimum atomic E-state index is 0.106. The molecule has 1 aromatic rings. The first-order valence-electron chi connectivity index (χ1n) is 5.67. The maximum absolute atomic E-state index is 12.2. The third-order valence-electron chi connectivity index (χ3n) is 2.67. The van der Waals surface area contributed by atoms with Crippen LogP contribution in [0.2, 0.25) is 0 Å². The van der Waals surface area contributed by atoms with Crippen LogP contribution in [0.5, 0.6) is 0 Å². The molecule has 1 rings (SSSR count). The van der Waals surface area contributed by atoms with Crippen LogP contribution in [0.15, 0.2) is 24.3 Å². The summed E-state index contributed by atoms with van der Waals surface area (Å²) in [5.41, 5.74) is 1.75. The smallest absolute Gasteiger partial charge is 0.255 e. The van der Waals surface area contributed by atoms with Gasteiger partial charge in [-0.3, -0.25) is 4.79 Å². The summed E-state index contributed by atoms with van der Waals surface area (Å²) < 4.78 is 0. The summed E-state index contributed by atoms with van der Waals surface area (Å²) in [6, 6.07) is 7.71. The zero-order valence-corrected chi connectivity index (χ0v) is 10.5. The summed E-state index contributed by atoms with van der Waals surface area (Å²) in [5.74, 6) is 0.106. The number of hydrogen-bond donors (Lipinski definition) is 0. The lowest BCUT2D eigenvalue weighted by Gasteiger charge is -2.22. The number of amides is 1. The van der Waals surface area contributed by atoms with E-state index in [-0.39, 0.29) is 5.91 Å². The number of para-hydroxylation sites is 1. The minimum Gasteiger partial charge on any atom is -0.377 e. The first kappa shape index (κ1) is 12.6. The molecule has 0 atom stereocenters. The molecule has 0 saturated carbocycles. The minimum absolute atomic E-state index is 0.106. The Balaban J connectivity index is 3.07. The van der Waals surface area contributed by atoms with Gasteiger partial charge in [0.15, 0.2) is 0 Å². The summed E-state index contributed by atoms with van der Waals surface area (Å²) in [5, 5.41) is 0. The molecule has 3 nitrogen and oxygen atoms in total. The number of benzene rings is 1. The highest BCUT2D eigenvalue weighted by atomic mass is 16.2. The second kappa shape index (κ2) is 5.54. The quantitative estimate of drug-likeness (QED) is 0.777. The van der Waals surface area contributed by atoms with E-state index in [1.54, 1.807) is 0 Å². The molecule has 88 valence electrons. The Hall–Kier alpha value is -1.51. The van der Waals surface area contributed by atoms with Gasteiger partial charge in [0.25, 0.3) is 5.91 Å². The summed E-state index contributed by atoms with van der Waals surface area (Å²) in [6.07, 6.45) is 0. The van der Waals surface area contributed by atoms with Gasteiger partial charge in [0.05, 0.1) is 5.56 Å². The largest absolute Gasteiger partial charge is 0.377 e. The maximum Gasteiger partial charge on any atom is 0.255 e. The van der Waals surface area contributed by atoms with Crippen LogP contribution in [0.4, 0.5) is 5.69 Å². The Labute approximate surface area is 97.7 Å². The SMILES string of the molecule is CCN(CC)C(=O)c1ccccc1N(C)C. The lowest BCUT2D eigenvalue weighted by Crippen LogP contribution is -2.31. The highest BCUT2D eigenvalue weighted by Crippen LogP contribution is 2.19. The van der Waals surface area contributed by atoms with Gasteiger partial charge in [-0.2, -0.15) is 0 Å². The van der Waals surface area contributed by atoms with Gasteiger partial charge >= 0.3 is 0 Å². The van der Waals surface area contributed by atoms with Crippen LogP contribution < -0.4 is 4.90 Å². The molecule has 1 aromatic carbocycles. The van der Waals surface area contributed by atoms with Crippen molar-refractivity contribution in [2.24, 2.45) is 0 Å². The molecular formula is C13H20N2O. The summed E-state index contributed by atoms with van der Waals surface area (Å²) in [4.78, 5) is 16.0. The first-order chi connectivity index (χ1) is 7.61. The predicted molar refractivity (Wildman–Crippen MR) is 68.0 cm³/mol. The van der Waals surface area contributed by atoms with Gasteiger partial charge in [0, 0.05) is 32.9 Å². The van der Waals surface area contributed by atoms with E-state index in [2.05, 4.69) is 0 Å². The van der Waals surface area contributed by atoms with Crippen LogP contribution in [0.25, 0.3) is 0 Å². The monoisotopic (exact) mass is 220 g/mol. The van der Waals surface area contributed by atoms with Gasteiger partial charge < -0.3 is 9.80 Å². The number of rotatable bonds is 4. The topological polar surface area (TPSA) is 23.6 Å². The second-order valence-corrected chi connectivity index (χ2v) is 3.89. The average molecular weight is 220 g/mol. The van der Waals surface area contributed by atoms with Gasteiger partial charge in [0.2, 0.25) is 0 Å². The molecular weight excluding hydrogens is 200 g/mol. The zero-order chi connectivity index (χ0) is 12.1. The van der Waals surface area contributed by atoms with Gasteiger partial charge in [-0.05, 0) is 26.0 Å². The molecule has 0 saturated heterocycles. The van der Waals surface area contributed by atoms with E-state index >= 15 is 0 Å². The summed E-state index contributed by atoms with van der Waals surface area (Å²) in [6.45, 7) is 5.49. The normalized spacial score (nSPS) is 10.0. The molecule has 0 aliphatic carbocycles. The fourth-order valence-electron chi connectivity index (χ4n) is 1.73. The van der Waals surface area contributed by atoms with Crippen LogP contribution in [-0.2, 0) is 0 Å². The Morgan fingerprint density at radius 1 is 1.12 bits per heavy atom. The lowest BCUT2D eigenvalue weighted by molar-refractivity contribution is 0.0773. The Morgan fingerprint density at radius 3 is 2.19 bits per heavy atom. The fraction of sp³-hybridized carbons (Fsp3) is 0.462. The van der Waals surface area contributed by atoms with Crippen LogP contribution in [0.1, 0.15) is 24.2 Å². The van der Waals surface area contributed by atoms with E-state index in [1.807, 2.05) is 62.0 Å². The van der Waals surface area contributed by atoms with Crippen LogP contribution in [0, 0.1) is 0 Å². The molecule has 0 radical (unpaired) electrons. The van der Waals surface area contributed by atoms with E-state index in [0.717, 1.165) is 24.3 Å². The van der Waals surface area contributed by atoms with Crippen molar-refractivity contribution in [3.05, 3.63) is 29.8 Å². The Kier molecular flexibility index (Phi) is 4.35. The van der Waals surface area contributed by atoms with Crippen LogP contribution >= 0.6 is 0 Å². The molecule has 0 heterocycles. The highest BCUT2D eigenvalue weighted by molar-refractivity contribution is 5.99. The third-order valence-corrected chi connectivity index (χ3v) is 2.67. The van der Waals surface area contributed by atoms with Gasteiger partial charge in [-0.25, -0.2) is 0 Å². The van der Waals surface area contributed by atoms with Crippen molar-refractivity contribution >= 4 is 11.6 Å². The molecule has 0 aromatic heterocycles. The molecule has 0 spiro atoms. The molecule has 0 aliphatic heterocycles. The van der Waals surface area contributed by atoms with Gasteiger partial charge in [-0.1, -0.05) is 12.1 Å². The lowest BCUT2D eigenvalue weighted by atomic mass is 10.1. The summed E-state index contributed by atoms with van der Waals surface area (Å²) >= 11 is 0. The molecule has 3 heteroatoms. The van der Waals surface area contributed by atoms with Crippen molar-refractivity contribution in [1.29, 1.82) is 0 Å². The van der Waals surface area contributed by atoms with Crippen LogP contribution in [0.3, 0.4) is 0 Å². The van der Waals surface area contributed by atoms with Crippen molar-refractivity contribution in [2.75, 3.05) is 32.1 Å². The Morgan fingerprint density at radius 2 is 1.69 bits per heavy atom. The van der Waals surface area contributed by atoms with E-state index < -0.39 is 0 Å². The molecule has 1 amide bonds. The maximum atomic E-state index is 12.2. The van der Waals surface area contributed by atoms with Crippen molar-refractivity contribution in [3.8, 4) is 0 Å². The Bertz CT molecular complexity index is 357. The zero-order valence-electron chi connectivity index (χ0n) is 10.5. The van der Waals surface area contributed by atoms with Crippen molar-refractivity contribution in [3.63, 3.8) is 0 Å². The number of hydrogen-bond acceptors (Lipinski definition) is 2. The standard InChI is InChI=1S/C13H20N2O/c1-5-15(6-2)13(16)11-9-7-8-10-12(11)14(3)4/h7-10H,5-6H2,1-4H3. The van der Waals surface area contributed by atoms with Crippen molar-refractivity contribution < 1.29 is 4.79 Å². The van der Waals surface area contributed by atoms with Crippen molar-refractivity contribution in [2.45, 2.75) is 13.8 Å². The van der Waals surface area contributed by atoms with E-state index in [0.29, 0.717) is 0 Å².